The highest BCUT2D eigenvalue weighted by molar-refractivity contribution is 6.30. The molecule has 108 valence electrons. The van der Waals surface area contributed by atoms with E-state index < -0.39 is 5.97 Å². The van der Waals surface area contributed by atoms with Gasteiger partial charge in [-0.3, -0.25) is 14.5 Å². The molecule has 0 aliphatic rings. The first-order chi connectivity index (χ1) is 9.51. The Morgan fingerprint density at radius 1 is 1.30 bits per heavy atom. The van der Waals surface area contributed by atoms with Crippen molar-refractivity contribution in [1.82, 2.24) is 10.2 Å². The molecule has 0 spiro atoms. The number of carbonyl (C=O) groups excluding carboxylic acids is 1. The zero-order valence-corrected chi connectivity index (χ0v) is 11.8. The number of hydrogen-bond acceptors (Lipinski definition) is 3. The number of halogens is 1. The van der Waals surface area contributed by atoms with Gasteiger partial charge in [-0.2, -0.15) is 0 Å². The molecular formula is C14H17ClN2O3. The molecule has 0 bridgehead atoms. The van der Waals surface area contributed by atoms with Crippen LogP contribution in [0.1, 0.15) is 5.56 Å². The largest absolute Gasteiger partial charge is 0.480 e. The number of carboxylic acid groups (broad SMARTS) is 1. The van der Waals surface area contributed by atoms with Crippen LogP contribution in [0.4, 0.5) is 0 Å². The summed E-state index contributed by atoms with van der Waals surface area (Å²) in [5.41, 5.74) is 0.927. The topological polar surface area (TPSA) is 69.6 Å². The molecule has 0 saturated carbocycles. The number of benzene rings is 1. The maximum atomic E-state index is 11.7. The minimum absolute atomic E-state index is 0.0198. The Morgan fingerprint density at radius 3 is 2.50 bits per heavy atom. The Labute approximate surface area is 122 Å². The highest BCUT2D eigenvalue weighted by Crippen LogP contribution is 2.09. The van der Waals surface area contributed by atoms with Gasteiger partial charge in [0.15, 0.2) is 0 Å². The molecule has 6 heteroatoms. The first-order valence-corrected chi connectivity index (χ1v) is 6.45. The number of amides is 1. The quantitative estimate of drug-likeness (QED) is 0.714. The van der Waals surface area contributed by atoms with Crippen LogP contribution in [0.3, 0.4) is 0 Å². The molecule has 1 aromatic rings. The molecule has 1 amide bonds. The molecule has 2 N–H and O–H groups in total. The van der Waals surface area contributed by atoms with Gasteiger partial charge in [0, 0.05) is 18.1 Å². The second kappa shape index (κ2) is 8.35. The normalized spacial score (nSPS) is 10.3. The number of aliphatic carboxylic acids is 1. The molecule has 1 rings (SSSR count). The fourth-order valence-electron chi connectivity index (χ4n) is 1.62. The number of carbonyl (C=O) groups is 2. The van der Waals surface area contributed by atoms with Gasteiger partial charge >= 0.3 is 5.97 Å². The van der Waals surface area contributed by atoms with E-state index in [0.29, 0.717) is 18.1 Å². The zero-order valence-electron chi connectivity index (χ0n) is 11.0. The summed E-state index contributed by atoms with van der Waals surface area (Å²) in [7, 11) is 0. The average Bonchev–Trinajstić information content (AvgIpc) is 2.37. The lowest BCUT2D eigenvalue weighted by Gasteiger charge is -2.17. The second-order valence-corrected chi connectivity index (χ2v) is 4.69. The van der Waals surface area contributed by atoms with Gasteiger partial charge in [-0.25, -0.2) is 0 Å². The Balaban J connectivity index is 2.42. The molecule has 0 atom stereocenters. The van der Waals surface area contributed by atoms with E-state index in [0.717, 1.165) is 5.56 Å². The molecule has 0 aliphatic heterocycles. The van der Waals surface area contributed by atoms with Crippen molar-refractivity contribution in [3.8, 4) is 0 Å². The van der Waals surface area contributed by atoms with E-state index in [2.05, 4.69) is 11.9 Å². The van der Waals surface area contributed by atoms with Crippen LogP contribution in [0.25, 0.3) is 0 Å². The summed E-state index contributed by atoms with van der Waals surface area (Å²) < 4.78 is 0. The van der Waals surface area contributed by atoms with Gasteiger partial charge in [0.1, 0.15) is 0 Å². The third-order valence-electron chi connectivity index (χ3n) is 2.52. The third-order valence-corrected chi connectivity index (χ3v) is 2.77. The molecule has 0 aromatic heterocycles. The van der Waals surface area contributed by atoms with Crippen molar-refractivity contribution >= 4 is 23.5 Å². The van der Waals surface area contributed by atoms with Crippen molar-refractivity contribution < 1.29 is 14.7 Å². The van der Waals surface area contributed by atoms with Gasteiger partial charge in [-0.05, 0) is 17.7 Å². The lowest BCUT2D eigenvalue weighted by Crippen LogP contribution is -2.39. The van der Waals surface area contributed by atoms with Gasteiger partial charge in [-0.15, -0.1) is 6.58 Å². The molecule has 0 radical (unpaired) electrons. The number of rotatable bonds is 8. The fourth-order valence-corrected chi connectivity index (χ4v) is 1.75. The van der Waals surface area contributed by atoms with Crippen LogP contribution in [-0.2, 0) is 16.1 Å². The molecule has 0 saturated heterocycles. The van der Waals surface area contributed by atoms with Crippen molar-refractivity contribution in [2.75, 3.05) is 19.6 Å². The van der Waals surface area contributed by atoms with Crippen molar-refractivity contribution in [2.45, 2.75) is 6.54 Å². The van der Waals surface area contributed by atoms with Crippen molar-refractivity contribution in [3.05, 3.63) is 47.5 Å². The van der Waals surface area contributed by atoms with E-state index in [1.165, 1.54) is 4.90 Å². The summed E-state index contributed by atoms with van der Waals surface area (Å²) >= 11 is 5.77. The molecular weight excluding hydrogens is 280 g/mol. The van der Waals surface area contributed by atoms with Gasteiger partial charge in [-0.1, -0.05) is 29.8 Å². The minimum atomic E-state index is -0.975. The van der Waals surface area contributed by atoms with Crippen LogP contribution in [0.5, 0.6) is 0 Å². The number of carboxylic acids is 1. The first kappa shape index (κ1) is 16.2. The second-order valence-electron chi connectivity index (χ2n) is 4.26. The standard InChI is InChI=1S/C14H17ClN2O3/c1-2-7-17(10-14(19)20)9-13(18)16-8-11-3-5-12(15)6-4-11/h2-6H,1,7-10H2,(H,16,18)(H,19,20). The van der Waals surface area contributed by atoms with Gasteiger partial charge in [0.25, 0.3) is 0 Å². The fraction of sp³-hybridized carbons (Fsp3) is 0.286. The lowest BCUT2D eigenvalue weighted by atomic mass is 10.2. The predicted octanol–water partition coefficient (Wildman–Crippen LogP) is 1.53. The molecule has 0 aliphatic carbocycles. The third kappa shape index (κ3) is 6.36. The first-order valence-electron chi connectivity index (χ1n) is 6.07. The zero-order chi connectivity index (χ0) is 15.0. The van der Waals surface area contributed by atoms with E-state index in [-0.39, 0.29) is 19.0 Å². The maximum Gasteiger partial charge on any atom is 0.317 e. The molecule has 0 fully saturated rings. The van der Waals surface area contributed by atoms with Crippen LogP contribution >= 0.6 is 11.6 Å². The molecule has 20 heavy (non-hydrogen) atoms. The highest BCUT2D eigenvalue weighted by Gasteiger charge is 2.12. The van der Waals surface area contributed by atoms with Gasteiger partial charge in [0.2, 0.25) is 5.91 Å². The smallest absolute Gasteiger partial charge is 0.317 e. The number of hydrogen-bond donors (Lipinski definition) is 2. The summed E-state index contributed by atoms with van der Waals surface area (Å²) in [6.07, 6.45) is 1.56. The molecule has 0 heterocycles. The molecule has 0 unspecified atom stereocenters. The maximum absolute atomic E-state index is 11.7. The Morgan fingerprint density at radius 2 is 1.95 bits per heavy atom. The predicted molar refractivity (Wildman–Crippen MR) is 77.6 cm³/mol. The number of nitrogens with one attached hydrogen (secondary N) is 1. The summed E-state index contributed by atoms with van der Waals surface area (Å²) in [6, 6.07) is 7.14. The van der Waals surface area contributed by atoms with Crippen LogP contribution in [0, 0.1) is 0 Å². The summed E-state index contributed by atoms with van der Waals surface area (Å²) in [4.78, 5) is 23.9. The molecule has 5 nitrogen and oxygen atoms in total. The monoisotopic (exact) mass is 296 g/mol. The van der Waals surface area contributed by atoms with Gasteiger partial charge < -0.3 is 10.4 Å². The minimum Gasteiger partial charge on any atom is -0.480 e. The summed E-state index contributed by atoms with van der Waals surface area (Å²) in [5, 5.41) is 12.1. The van der Waals surface area contributed by atoms with Crippen LogP contribution in [-0.4, -0.2) is 41.5 Å². The Bertz CT molecular complexity index is 474. The van der Waals surface area contributed by atoms with E-state index in [9.17, 15) is 9.59 Å². The van der Waals surface area contributed by atoms with Crippen molar-refractivity contribution in [3.63, 3.8) is 0 Å². The van der Waals surface area contributed by atoms with Crippen molar-refractivity contribution in [2.24, 2.45) is 0 Å². The number of nitrogens with zero attached hydrogens (tertiary/aromatic N) is 1. The lowest BCUT2D eigenvalue weighted by molar-refractivity contribution is -0.138. The van der Waals surface area contributed by atoms with E-state index >= 15 is 0 Å². The summed E-state index contributed by atoms with van der Waals surface area (Å²) in [6.45, 7) is 4.09. The Kier molecular flexibility index (Phi) is 6.76. The highest BCUT2D eigenvalue weighted by atomic mass is 35.5. The summed E-state index contributed by atoms with van der Waals surface area (Å²) in [5.74, 6) is -1.21. The Hall–Kier alpha value is -1.85. The SMILES string of the molecule is C=CCN(CC(=O)O)CC(=O)NCc1ccc(Cl)cc1. The van der Waals surface area contributed by atoms with Gasteiger partial charge in [0.05, 0.1) is 13.1 Å². The van der Waals surface area contributed by atoms with Crippen LogP contribution < -0.4 is 5.32 Å². The van der Waals surface area contributed by atoms with E-state index in [4.69, 9.17) is 16.7 Å². The van der Waals surface area contributed by atoms with E-state index in [1.807, 2.05) is 12.1 Å². The van der Waals surface area contributed by atoms with Crippen molar-refractivity contribution in [1.29, 1.82) is 0 Å². The van der Waals surface area contributed by atoms with E-state index in [1.54, 1.807) is 18.2 Å². The van der Waals surface area contributed by atoms with Crippen LogP contribution in [0.2, 0.25) is 5.02 Å². The van der Waals surface area contributed by atoms with Crippen LogP contribution in [0.15, 0.2) is 36.9 Å². The average molecular weight is 297 g/mol. The molecule has 1 aromatic carbocycles.